The van der Waals surface area contributed by atoms with Gasteiger partial charge < -0.3 is 14.8 Å². The molecular formula is C22H47NO2. The molecule has 0 saturated heterocycles. The number of hydrogen-bond donors (Lipinski definition) is 1. The zero-order valence-electron chi connectivity index (χ0n) is 17.5. The number of ether oxygens (including phenoxy) is 2. The van der Waals surface area contributed by atoms with Crippen molar-refractivity contribution in [2.45, 2.75) is 104 Å². The lowest BCUT2D eigenvalue weighted by molar-refractivity contribution is 0.142. The molecule has 0 aliphatic rings. The fourth-order valence-corrected chi connectivity index (χ4v) is 3.09. The summed E-state index contributed by atoms with van der Waals surface area (Å²) in [5.41, 5.74) is 0. The molecule has 0 bridgehead atoms. The SMILES string of the molecule is CCOCCCCCCCCCCNCCCCCCCCOCC. The first-order valence-electron chi connectivity index (χ1n) is 11.3. The fourth-order valence-electron chi connectivity index (χ4n) is 3.09. The maximum atomic E-state index is 5.36. The summed E-state index contributed by atoms with van der Waals surface area (Å²) in [6.07, 6.45) is 19.0. The normalized spacial score (nSPS) is 11.3. The molecule has 0 heterocycles. The van der Waals surface area contributed by atoms with E-state index in [4.69, 9.17) is 9.47 Å². The molecule has 0 rings (SSSR count). The van der Waals surface area contributed by atoms with Crippen molar-refractivity contribution in [1.29, 1.82) is 0 Å². The van der Waals surface area contributed by atoms with Crippen molar-refractivity contribution in [2.24, 2.45) is 0 Å². The molecule has 0 saturated carbocycles. The molecule has 25 heavy (non-hydrogen) atoms. The zero-order chi connectivity index (χ0) is 18.3. The molecule has 152 valence electrons. The standard InChI is InChI=1S/C22H47NO2/c1-3-24-21-17-13-9-6-5-7-11-15-19-23-20-16-12-8-10-14-18-22-25-4-2/h23H,3-22H2,1-2H3. The summed E-state index contributed by atoms with van der Waals surface area (Å²) in [4.78, 5) is 0. The van der Waals surface area contributed by atoms with Gasteiger partial charge in [-0.3, -0.25) is 0 Å². The van der Waals surface area contributed by atoms with Crippen molar-refractivity contribution in [2.75, 3.05) is 39.5 Å². The van der Waals surface area contributed by atoms with Crippen LogP contribution in [0.4, 0.5) is 0 Å². The van der Waals surface area contributed by atoms with E-state index in [0.29, 0.717) is 0 Å². The van der Waals surface area contributed by atoms with Crippen LogP contribution in [0.5, 0.6) is 0 Å². The molecule has 0 radical (unpaired) electrons. The summed E-state index contributed by atoms with van der Waals surface area (Å²) in [6.45, 7) is 10.2. The topological polar surface area (TPSA) is 30.5 Å². The van der Waals surface area contributed by atoms with E-state index < -0.39 is 0 Å². The Kier molecular flexibility index (Phi) is 23.8. The maximum Gasteiger partial charge on any atom is 0.0465 e. The van der Waals surface area contributed by atoms with E-state index in [1.54, 1.807) is 0 Å². The van der Waals surface area contributed by atoms with Gasteiger partial charge >= 0.3 is 0 Å². The second kappa shape index (κ2) is 23.9. The Balaban J connectivity index is 2.94. The van der Waals surface area contributed by atoms with Gasteiger partial charge in [0.1, 0.15) is 0 Å². The first-order valence-corrected chi connectivity index (χ1v) is 11.3. The largest absolute Gasteiger partial charge is 0.382 e. The van der Waals surface area contributed by atoms with Gasteiger partial charge in [-0.25, -0.2) is 0 Å². The van der Waals surface area contributed by atoms with E-state index in [1.807, 2.05) is 0 Å². The molecule has 0 amide bonds. The molecule has 3 nitrogen and oxygen atoms in total. The Labute approximate surface area is 158 Å². The molecule has 3 heteroatoms. The number of hydrogen-bond acceptors (Lipinski definition) is 3. The van der Waals surface area contributed by atoms with Crippen LogP contribution in [0.25, 0.3) is 0 Å². The summed E-state index contributed by atoms with van der Waals surface area (Å²) in [6, 6.07) is 0. The second-order valence-electron chi connectivity index (χ2n) is 7.09. The minimum absolute atomic E-state index is 0.862. The molecule has 0 aromatic rings. The third-order valence-corrected chi connectivity index (χ3v) is 4.69. The van der Waals surface area contributed by atoms with Gasteiger partial charge in [0.2, 0.25) is 0 Å². The molecule has 0 fully saturated rings. The van der Waals surface area contributed by atoms with Crippen LogP contribution in [-0.4, -0.2) is 39.5 Å². The average Bonchev–Trinajstić information content (AvgIpc) is 2.63. The lowest BCUT2D eigenvalue weighted by Gasteiger charge is -2.06. The molecule has 0 aromatic heterocycles. The van der Waals surface area contributed by atoms with Crippen LogP contribution in [0.15, 0.2) is 0 Å². The molecule has 0 unspecified atom stereocenters. The molecule has 0 aliphatic carbocycles. The van der Waals surface area contributed by atoms with Crippen molar-refractivity contribution in [3.63, 3.8) is 0 Å². The Bertz CT molecular complexity index is 202. The first kappa shape index (κ1) is 24.9. The van der Waals surface area contributed by atoms with Gasteiger partial charge in [-0.1, -0.05) is 64.2 Å². The molecule has 0 atom stereocenters. The van der Waals surface area contributed by atoms with Crippen LogP contribution >= 0.6 is 0 Å². The minimum atomic E-state index is 0.862. The summed E-state index contributed by atoms with van der Waals surface area (Å²) in [5.74, 6) is 0. The van der Waals surface area contributed by atoms with E-state index in [-0.39, 0.29) is 0 Å². The summed E-state index contributed by atoms with van der Waals surface area (Å²) >= 11 is 0. The van der Waals surface area contributed by atoms with Gasteiger partial charge in [0.25, 0.3) is 0 Å². The van der Waals surface area contributed by atoms with Gasteiger partial charge in [0.15, 0.2) is 0 Å². The van der Waals surface area contributed by atoms with Crippen LogP contribution in [0, 0.1) is 0 Å². The van der Waals surface area contributed by atoms with Gasteiger partial charge in [0.05, 0.1) is 0 Å². The van der Waals surface area contributed by atoms with Gasteiger partial charge in [-0.05, 0) is 52.6 Å². The molecule has 0 aromatic carbocycles. The highest BCUT2D eigenvalue weighted by atomic mass is 16.5. The minimum Gasteiger partial charge on any atom is -0.382 e. The van der Waals surface area contributed by atoms with E-state index in [2.05, 4.69) is 19.2 Å². The predicted molar refractivity (Wildman–Crippen MR) is 110 cm³/mol. The highest BCUT2D eigenvalue weighted by molar-refractivity contribution is 4.52. The molecular weight excluding hydrogens is 310 g/mol. The molecule has 0 aliphatic heterocycles. The summed E-state index contributed by atoms with van der Waals surface area (Å²) < 4.78 is 10.7. The van der Waals surface area contributed by atoms with Crippen molar-refractivity contribution < 1.29 is 9.47 Å². The van der Waals surface area contributed by atoms with Gasteiger partial charge in [0, 0.05) is 26.4 Å². The van der Waals surface area contributed by atoms with Crippen molar-refractivity contribution in [3.05, 3.63) is 0 Å². The third kappa shape index (κ3) is 23.9. The number of unbranched alkanes of at least 4 members (excludes halogenated alkanes) is 12. The Morgan fingerprint density at radius 1 is 0.440 bits per heavy atom. The van der Waals surface area contributed by atoms with Crippen LogP contribution in [0.3, 0.4) is 0 Å². The van der Waals surface area contributed by atoms with E-state index in [9.17, 15) is 0 Å². The van der Waals surface area contributed by atoms with Crippen LogP contribution in [0.2, 0.25) is 0 Å². The Morgan fingerprint density at radius 3 is 1.12 bits per heavy atom. The van der Waals surface area contributed by atoms with Gasteiger partial charge in [-0.15, -0.1) is 0 Å². The second-order valence-corrected chi connectivity index (χ2v) is 7.09. The smallest absolute Gasteiger partial charge is 0.0465 e. The van der Waals surface area contributed by atoms with Crippen LogP contribution in [-0.2, 0) is 9.47 Å². The van der Waals surface area contributed by atoms with Crippen molar-refractivity contribution in [1.82, 2.24) is 5.32 Å². The Hall–Kier alpha value is -0.120. The fraction of sp³-hybridized carbons (Fsp3) is 1.00. The number of rotatable bonds is 22. The highest BCUT2D eigenvalue weighted by Crippen LogP contribution is 2.08. The average molecular weight is 358 g/mol. The van der Waals surface area contributed by atoms with Crippen molar-refractivity contribution in [3.8, 4) is 0 Å². The Morgan fingerprint density at radius 2 is 0.760 bits per heavy atom. The maximum absolute atomic E-state index is 5.36. The first-order chi connectivity index (χ1) is 12.4. The lowest BCUT2D eigenvalue weighted by atomic mass is 10.1. The monoisotopic (exact) mass is 357 g/mol. The number of nitrogens with one attached hydrogen (secondary N) is 1. The third-order valence-electron chi connectivity index (χ3n) is 4.69. The van der Waals surface area contributed by atoms with E-state index >= 15 is 0 Å². The quantitative estimate of drug-likeness (QED) is 0.237. The lowest BCUT2D eigenvalue weighted by Crippen LogP contribution is -2.16. The van der Waals surface area contributed by atoms with Crippen molar-refractivity contribution >= 4 is 0 Å². The van der Waals surface area contributed by atoms with Crippen LogP contribution < -0.4 is 5.32 Å². The van der Waals surface area contributed by atoms with E-state index in [1.165, 1.54) is 103 Å². The summed E-state index contributed by atoms with van der Waals surface area (Å²) in [7, 11) is 0. The highest BCUT2D eigenvalue weighted by Gasteiger charge is 1.94. The molecule has 0 spiro atoms. The zero-order valence-corrected chi connectivity index (χ0v) is 17.5. The molecule has 1 N–H and O–H groups in total. The predicted octanol–water partition coefficient (Wildman–Crippen LogP) is 6.11. The summed E-state index contributed by atoms with van der Waals surface area (Å²) in [5, 5.41) is 3.60. The van der Waals surface area contributed by atoms with Crippen LogP contribution in [0.1, 0.15) is 104 Å². The van der Waals surface area contributed by atoms with Gasteiger partial charge in [-0.2, -0.15) is 0 Å². The van der Waals surface area contributed by atoms with E-state index in [0.717, 1.165) is 26.4 Å².